The van der Waals surface area contributed by atoms with Gasteiger partial charge in [-0.2, -0.15) is 0 Å². The van der Waals surface area contributed by atoms with Gasteiger partial charge in [-0.3, -0.25) is 0 Å². The molecule has 0 aliphatic heterocycles. The van der Waals surface area contributed by atoms with Gasteiger partial charge in [0.05, 0.1) is 9.60 Å². The smallest absolute Gasteiger partial charge is 0.0645 e. The van der Waals surface area contributed by atoms with Gasteiger partial charge in [0.2, 0.25) is 0 Å². The molecular formula is C10H7Cl. The average molecular weight is 170 g/mol. The van der Waals surface area contributed by atoms with Gasteiger partial charge < -0.3 is 0 Å². The van der Waals surface area contributed by atoms with Crippen LogP contribution in [0.3, 0.4) is 0 Å². The van der Waals surface area contributed by atoms with Crippen molar-refractivity contribution < 1.29 is 9.60 Å². The molecule has 11 heavy (non-hydrogen) atoms. The van der Waals surface area contributed by atoms with Crippen LogP contribution in [0.15, 0.2) is 42.3 Å². The van der Waals surface area contributed by atoms with E-state index in [9.17, 15) is 0 Å². The van der Waals surface area contributed by atoms with Crippen molar-refractivity contribution >= 4 is 22.4 Å². The van der Waals surface area contributed by atoms with Gasteiger partial charge in [0.1, 0.15) is 0 Å². The topological polar surface area (TPSA) is 0 Å². The summed E-state index contributed by atoms with van der Waals surface area (Å²) in [5.41, 5.74) is 0. The Morgan fingerprint density at radius 3 is 2.55 bits per heavy atom. The lowest BCUT2D eigenvalue weighted by molar-refractivity contribution is 1.75. The lowest BCUT2D eigenvalue weighted by Gasteiger charge is -1.95. The Bertz CT molecular complexity index is 567. The van der Waals surface area contributed by atoms with Crippen LogP contribution >= 0.6 is 11.6 Å². The van der Waals surface area contributed by atoms with Gasteiger partial charge in [0.25, 0.3) is 0 Å². The molecule has 0 bridgehead atoms. The lowest BCUT2D eigenvalue weighted by Crippen LogP contribution is -1.69. The van der Waals surface area contributed by atoms with Gasteiger partial charge in [-0.25, -0.2) is 0 Å². The van der Waals surface area contributed by atoms with Crippen LogP contribution in [0.4, 0.5) is 0 Å². The Labute approximate surface area is 80.3 Å². The zero-order valence-electron chi connectivity index (χ0n) is 12.4. The first-order valence-electron chi connectivity index (χ1n) is 6.44. The zero-order valence-corrected chi connectivity index (χ0v) is 6.13. The summed E-state index contributed by atoms with van der Waals surface area (Å²) in [6.07, 6.45) is 0. The molecule has 0 saturated heterocycles. The molecule has 0 atom stereocenters. The van der Waals surface area contributed by atoms with Gasteiger partial charge in [-0.1, -0.05) is 41.8 Å². The van der Waals surface area contributed by atoms with Crippen LogP contribution in [0, 0.1) is 0 Å². The van der Waals surface area contributed by atoms with E-state index in [1.807, 2.05) is 0 Å². The Kier molecular flexibility index (Phi) is 0.579. The van der Waals surface area contributed by atoms with E-state index in [0.717, 1.165) is 0 Å². The molecule has 0 aromatic heterocycles. The lowest BCUT2D eigenvalue weighted by atomic mass is 10.1. The first-order valence-corrected chi connectivity index (χ1v) is 3.32. The molecule has 0 fully saturated rings. The number of benzene rings is 2. The minimum Gasteiger partial charge on any atom is -0.0843 e. The second-order valence-corrected chi connectivity index (χ2v) is 2.32. The number of hydrogen-bond acceptors (Lipinski definition) is 0. The van der Waals surface area contributed by atoms with E-state index in [2.05, 4.69) is 0 Å². The summed E-state index contributed by atoms with van der Waals surface area (Å²) in [7, 11) is 0. The highest BCUT2D eigenvalue weighted by Gasteiger charge is 1.90. The molecule has 0 aliphatic rings. The summed E-state index contributed by atoms with van der Waals surface area (Å²) in [6.45, 7) is 0. The summed E-state index contributed by atoms with van der Waals surface area (Å²) in [6, 6.07) is -2.94. The highest BCUT2D eigenvalue weighted by Crippen LogP contribution is 2.18. The molecule has 1 heteroatoms. The third kappa shape index (κ3) is 1.22. The molecule has 0 nitrogen and oxygen atoms in total. The van der Waals surface area contributed by atoms with Gasteiger partial charge in [-0.05, 0) is 22.9 Å². The largest absolute Gasteiger partial charge is 0.0843 e. The van der Waals surface area contributed by atoms with Crippen LogP contribution in [0.5, 0.6) is 0 Å². The fourth-order valence-electron chi connectivity index (χ4n) is 0.758. The van der Waals surface area contributed by atoms with Crippen LogP contribution in [-0.2, 0) is 0 Å². The Balaban J connectivity index is 3.22. The highest BCUT2D eigenvalue weighted by molar-refractivity contribution is 6.31. The summed E-state index contributed by atoms with van der Waals surface area (Å²) in [5.74, 6) is 0. The summed E-state index contributed by atoms with van der Waals surface area (Å²) >= 11 is 5.73. The first-order chi connectivity index (χ1) is 8.29. The second kappa shape index (κ2) is 2.55. The summed E-state index contributed by atoms with van der Waals surface area (Å²) in [5, 5.41) is -0.537. The van der Waals surface area contributed by atoms with E-state index >= 15 is 0 Å². The number of rotatable bonds is 0. The standard InChI is InChI=1S/C10H7Cl/c11-10-6-5-8-3-1-2-4-9(8)7-10/h1-7H/i1D,2D,3D,4D,5D,6D,7D. The molecule has 2 aromatic carbocycles. The molecule has 54 valence electrons. The fraction of sp³-hybridized carbons (Fsp3) is 0. The molecule has 0 N–H and O–H groups in total. The van der Waals surface area contributed by atoms with Crippen molar-refractivity contribution in [3.05, 3.63) is 47.3 Å². The zero-order chi connectivity index (χ0) is 13.8. The van der Waals surface area contributed by atoms with Crippen molar-refractivity contribution in [2.45, 2.75) is 0 Å². The van der Waals surface area contributed by atoms with E-state index in [1.165, 1.54) is 0 Å². The maximum atomic E-state index is 7.75. The van der Waals surface area contributed by atoms with Gasteiger partial charge in [-0.15, -0.1) is 0 Å². The molecule has 2 aromatic rings. The molecule has 0 amide bonds. The van der Waals surface area contributed by atoms with Crippen LogP contribution in [0.2, 0.25) is 5.02 Å². The van der Waals surface area contributed by atoms with E-state index in [1.54, 1.807) is 0 Å². The average Bonchev–Trinajstić information content (AvgIpc) is 2.35. The fourth-order valence-corrected chi connectivity index (χ4v) is 0.900. The van der Waals surface area contributed by atoms with Crippen LogP contribution in [0.25, 0.3) is 10.8 Å². The van der Waals surface area contributed by atoms with Crippen molar-refractivity contribution in [2.75, 3.05) is 0 Å². The molecular weight excluding hydrogens is 156 g/mol. The number of hydrogen-bond donors (Lipinski definition) is 0. The van der Waals surface area contributed by atoms with Gasteiger partial charge in [0, 0.05) is 5.02 Å². The molecule has 0 aliphatic carbocycles. The van der Waals surface area contributed by atoms with E-state index in [4.69, 9.17) is 21.2 Å². The minimum atomic E-state index is -0.484. The normalized spacial score (nSPS) is 19.2. The molecule has 0 saturated carbocycles. The predicted octanol–water partition coefficient (Wildman–Crippen LogP) is 3.49. The maximum Gasteiger partial charge on any atom is 0.0645 e. The summed E-state index contributed by atoms with van der Waals surface area (Å²) < 4.78 is 53.5. The van der Waals surface area contributed by atoms with Crippen molar-refractivity contribution in [2.24, 2.45) is 0 Å². The van der Waals surface area contributed by atoms with Crippen LogP contribution < -0.4 is 0 Å². The monoisotopic (exact) mass is 169 g/mol. The van der Waals surface area contributed by atoms with E-state index in [-0.39, 0.29) is 21.8 Å². The Morgan fingerprint density at radius 2 is 1.73 bits per heavy atom. The van der Waals surface area contributed by atoms with Gasteiger partial charge in [0.15, 0.2) is 0 Å². The number of fused-ring (bicyclic) bond motifs is 1. The third-order valence-electron chi connectivity index (χ3n) is 1.22. The molecule has 2 rings (SSSR count). The highest BCUT2D eigenvalue weighted by atomic mass is 35.5. The van der Waals surface area contributed by atoms with Crippen molar-refractivity contribution in [1.29, 1.82) is 0 Å². The molecule has 0 spiro atoms. The minimum absolute atomic E-state index is 0.119. The molecule has 0 radical (unpaired) electrons. The van der Waals surface area contributed by atoms with Crippen LogP contribution in [-0.4, -0.2) is 0 Å². The summed E-state index contributed by atoms with van der Waals surface area (Å²) in [4.78, 5) is 0. The SMILES string of the molecule is [2H]c1c([2H])c([2H])c2c([2H])c(Cl)c([2H])c([2H])c2c1[2H]. The first kappa shape index (κ1) is 2.49. The maximum absolute atomic E-state index is 7.75. The predicted molar refractivity (Wildman–Crippen MR) is 49.0 cm³/mol. The molecule has 0 heterocycles. The van der Waals surface area contributed by atoms with Crippen molar-refractivity contribution in [1.82, 2.24) is 0 Å². The third-order valence-corrected chi connectivity index (χ3v) is 1.41. The van der Waals surface area contributed by atoms with Crippen molar-refractivity contribution in [3.63, 3.8) is 0 Å². The van der Waals surface area contributed by atoms with E-state index < -0.39 is 36.3 Å². The van der Waals surface area contributed by atoms with E-state index in [0.29, 0.717) is 0 Å². The second-order valence-electron chi connectivity index (χ2n) is 1.94. The molecule has 0 unspecified atom stereocenters. The number of halogens is 1. The van der Waals surface area contributed by atoms with Gasteiger partial charge >= 0.3 is 0 Å². The quantitative estimate of drug-likeness (QED) is 0.567. The van der Waals surface area contributed by atoms with Crippen molar-refractivity contribution in [3.8, 4) is 0 Å². The Hall–Kier alpha value is -1.01. The Morgan fingerprint density at radius 1 is 1.00 bits per heavy atom. The van der Waals surface area contributed by atoms with Crippen LogP contribution in [0.1, 0.15) is 9.60 Å².